The van der Waals surface area contributed by atoms with Crippen molar-refractivity contribution in [2.75, 3.05) is 11.9 Å². The molecule has 0 amide bonds. The molecule has 2 aromatic carbocycles. The minimum Gasteiger partial charge on any atom is -0.386 e. The van der Waals surface area contributed by atoms with Crippen molar-refractivity contribution in [1.82, 2.24) is 0 Å². The number of aliphatic hydroxyl groups excluding tert-OH is 1. The Balaban J connectivity index is 2.28. The number of hydrogen-bond donors (Lipinski definition) is 2. The third kappa shape index (κ3) is 4.38. The lowest BCUT2D eigenvalue weighted by atomic mass is 10.1. The topological polar surface area (TPSA) is 75.4 Å². The normalized spacial score (nSPS) is 12.7. The van der Waals surface area contributed by atoms with Crippen molar-refractivity contribution in [2.24, 2.45) is 0 Å². The fourth-order valence-corrected chi connectivity index (χ4v) is 2.43. The van der Waals surface area contributed by atoms with Crippen LogP contribution in [0.2, 0.25) is 5.02 Å². The molecule has 140 valence electrons. The quantitative estimate of drug-likeness (QED) is 0.437. The molecule has 0 spiro atoms. The van der Waals surface area contributed by atoms with Crippen LogP contribution in [0, 0.1) is 21.7 Å². The van der Waals surface area contributed by atoms with E-state index in [-0.39, 0.29) is 11.6 Å². The summed E-state index contributed by atoms with van der Waals surface area (Å²) in [4.78, 5) is 9.95. The van der Waals surface area contributed by atoms with Gasteiger partial charge in [-0.2, -0.15) is 13.2 Å². The molecule has 2 N–H and O–H groups in total. The van der Waals surface area contributed by atoms with Crippen molar-refractivity contribution in [2.45, 2.75) is 12.3 Å². The molecular formula is C15H10ClF5N2O3. The third-order valence-electron chi connectivity index (χ3n) is 3.39. The minimum absolute atomic E-state index is 0.259. The molecule has 0 saturated heterocycles. The molecule has 0 bridgehead atoms. The predicted molar refractivity (Wildman–Crippen MR) is 82.9 cm³/mol. The van der Waals surface area contributed by atoms with Gasteiger partial charge in [-0.1, -0.05) is 17.7 Å². The lowest BCUT2D eigenvalue weighted by molar-refractivity contribution is -0.384. The Morgan fingerprint density at radius 1 is 1.23 bits per heavy atom. The smallest absolute Gasteiger partial charge is 0.386 e. The second-order valence-corrected chi connectivity index (χ2v) is 5.57. The van der Waals surface area contributed by atoms with E-state index in [1.54, 1.807) is 0 Å². The molecule has 5 nitrogen and oxygen atoms in total. The highest BCUT2D eigenvalue weighted by atomic mass is 35.5. The average molecular weight is 397 g/mol. The first-order valence-corrected chi connectivity index (χ1v) is 7.30. The van der Waals surface area contributed by atoms with Crippen LogP contribution in [-0.4, -0.2) is 16.6 Å². The SMILES string of the molecule is O=[N+]([O-])c1cc(C(F)(F)F)c(Cl)cc1NCC(O)c1ccc(F)cc1F. The molecule has 1 atom stereocenters. The van der Waals surface area contributed by atoms with Gasteiger partial charge in [0.05, 0.1) is 21.6 Å². The molecule has 0 aliphatic heterocycles. The van der Waals surface area contributed by atoms with Gasteiger partial charge in [0, 0.05) is 24.2 Å². The maximum atomic E-state index is 13.6. The number of nitro groups is 1. The second kappa shape index (κ2) is 7.42. The number of nitrogens with one attached hydrogen (secondary N) is 1. The van der Waals surface area contributed by atoms with Crippen LogP contribution in [-0.2, 0) is 6.18 Å². The summed E-state index contributed by atoms with van der Waals surface area (Å²) in [6.07, 6.45) is -6.44. The molecule has 0 heterocycles. The molecule has 26 heavy (non-hydrogen) atoms. The molecule has 1 unspecified atom stereocenters. The Morgan fingerprint density at radius 2 is 1.88 bits per heavy atom. The van der Waals surface area contributed by atoms with Crippen LogP contribution < -0.4 is 5.32 Å². The largest absolute Gasteiger partial charge is 0.418 e. The van der Waals surface area contributed by atoms with Gasteiger partial charge in [-0.3, -0.25) is 10.1 Å². The number of nitro benzene ring substituents is 1. The van der Waals surface area contributed by atoms with Crippen LogP contribution in [0.4, 0.5) is 33.3 Å². The maximum absolute atomic E-state index is 13.6. The fourth-order valence-electron chi connectivity index (χ4n) is 2.16. The summed E-state index contributed by atoms with van der Waals surface area (Å²) < 4.78 is 64.9. The van der Waals surface area contributed by atoms with E-state index in [1.807, 2.05) is 0 Å². The number of halogens is 6. The van der Waals surface area contributed by atoms with Gasteiger partial charge in [-0.25, -0.2) is 8.78 Å². The zero-order chi connectivity index (χ0) is 19.6. The van der Waals surface area contributed by atoms with Gasteiger partial charge in [0.25, 0.3) is 5.69 Å². The molecule has 11 heteroatoms. The fraction of sp³-hybridized carbons (Fsp3) is 0.200. The lowest BCUT2D eigenvalue weighted by Gasteiger charge is -2.16. The van der Waals surface area contributed by atoms with Crippen LogP contribution in [0.25, 0.3) is 0 Å². The van der Waals surface area contributed by atoms with Crippen molar-refractivity contribution < 1.29 is 32.0 Å². The molecule has 2 rings (SSSR count). The number of aliphatic hydroxyl groups is 1. The monoisotopic (exact) mass is 396 g/mol. The molecule has 0 aliphatic carbocycles. The Kier molecular flexibility index (Phi) is 5.67. The van der Waals surface area contributed by atoms with Gasteiger partial charge >= 0.3 is 6.18 Å². The van der Waals surface area contributed by atoms with E-state index in [1.165, 1.54) is 0 Å². The Morgan fingerprint density at radius 3 is 2.42 bits per heavy atom. The van der Waals surface area contributed by atoms with E-state index in [9.17, 15) is 37.2 Å². The van der Waals surface area contributed by atoms with Crippen LogP contribution in [0.3, 0.4) is 0 Å². The molecular weight excluding hydrogens is 387 g/mol. The molecule has 0 radical (unpaired) electrons. The van der Waals surface area contributed by atoms with E-state index in [0.29, 0.717) is 12.1 Å². The summed E-state index contributed by atoms with van der Waals surface area (Å²) in [6, 6.07) is 3.37. The van der Waals surface area contributed by atoms with E-state index in [4.69, 9.17) is 11.6 Å². The highest BCUT2D eigenvalue weighted by molar-refractivity contribution is 6.31. The van der Waals surface area contributed by atoms with Crippen LogP contribution in [0.15, 0.2) is 30.3 Å². The van der Waals surface area contributed by atoms with Crippen molar-refractivity contribution in [3.8, 4) is 0 Å². The molecule has 0 saturated carbocycles. The number of rotatable bonds is 5. The second-order valence-electron chi connectivity index (χ2n) is 5.17. The number of hydrogen-bond acceptors (Lipinski definition) is 4. The van der Waals surface area contributed by atoms with Crippen molar-refractivity contribution in [3.63, 3.8) is 0 Å². The number of benzene rings is 2. The van der Waals surface area contributed by atoms with Gasteiger partial charge in [-0.05, 0) is 12.1 Å². The highest BCUT2D eigenvalue weighted by Crippen LogP contribution is 2.40. The summed E-state index contributed by atoms with van der Waals surface area (Å²) in [7, 11) is 0. The Hall–Kier alpha value is -2.46. The van der Waals surface area contributed by atoms with Gasteiger partial charge in [0.1, 0.15) is 17.3 Å². The standard InChI is InChI=1S/C15H10ClF5N2O3/c16-10-5-12(13(23(25)26)4-9(10)15(19,20)21)22-6-14(24)8-2-1-7(17)3-11(8)18/h1-5,14,22,24H,6H2. The minimum atomic E-state index is -4.89. The molecule has 0 fully saturated rings. The summed E-state index contributed by atoms with van der Waals surface area (Å²) >= 11 is 5.52. The summed E-state index contributed by atoms with van der Waals surface area (Å²) in [5.41, 5.74) is -3.00. The maximum Gasteiger partial charge on any atom is 0.418 e. The summed E-state index contributed by atoms with van der Waals surface area (Å²) in [6.45, 7) is -0.495. The Bertz CT molecular complexity index is 845. The number of nitrogens with zero attached hydrogens (tertiary/aromatic N) is 1. The van der Waals surface area contributed by atoms with Crippen LogP contribution in [0.5, 0.6) is 0 Å². The van der Waals surface area contributed by atoms with Gasteiger partial charge in [0.15, 0.2) is 0 Å². The van der Waals surface area contributed by atoms with Gasteiger partial charge < -0.3 is 10.4 Å². The van der Waals surface area contributed by atoms with E-state index >= 15 is 0 Å². The van der Waals surface area contributed by atoms with E-state index in [0.717, 1.165) is 12.1 Å². The molecule has 0 aromatic heterocycles. The Labute approximate surface area is 148 Å². The average Bonchev–Trinajstić information content (AvgIpc) is 2.51. The lowest BCUT2D eigenvalue weighted by Crippen LogP contribution is -2.15. The first kappa shape index (κ1) is 19.9. The first-order chi connectivity index (χ1) is 12.0. The third-order valence-corrected chi connectivity index (χ3v) is 3.71. The van der Waals surface area contributed by atoms with Crippen LogP contribution in [0.1, 0.15) is 17.2 Å². The summed E-state index contributed by atoms with van der Waals surface area (Å²) in [5.74, 6) is -1.91. The summed E-state index contributed by atoms with van der Waals surface area (Å²) in [5, 5.41) is 22.5. The number of alkyl halides is 3. The van der Waals surface area contributed by atoms with Gasteiger partial charge in [0.2, 0.25) is 0 Å². The highest BCUT2D eigenvalue weighted by Gasteiger charge is 2.36. The zero-order valence-electron chi connectivity index (χ0n) is 12.6. The first-order valence-electron chi connectivity index (χ1n) is 6.92. The van der Waals surface area contributed by atoms with E-state index in [2.05, 4.69) is 5.32 Å². The zero-order valence-corrected chi connectivity index (χ0v) is 13.4. The van der Waals surface area contributed by atoms with E-state index < -0.39 is 57.3 Å². The van der Waals surface area contributed by atoms with Crippen molar-refractivity contribution in [1.29, 1.82) is 0 Å². The van der Waals surface area contributed by atoms with Crippen molar-refractivity contribution >= 4 is 23.0 Å². The molecule has 0 aliphatic rings. The van der Waals surface area contributed by atoms with Gasteiger partial charge in [-0.15, -0.1) is 0 Å². The van der Waals surface area contributed by atoms with Crippen LogP contribution >= 0.6 is 11.6 Å². The number of anilines is 1. The van der Waals surface area contributed by atoms with Crippen molar-refractivity contribution in [3.05, 3.63) is 68.2 Å². The predicted octanol–water partition coefficient (Wildman–Crippen LogP) is 4.69. The molecule has 2 aromatic rings.